The predicted molar refractivity (Wildman–Crippen MR) is 289 cm³/mol. The number of hydrogen-bond acceptors (Lipinski definition) is 14. The van der Waals surface area contributed by atoms with Gasteiger partial charge >= 0.3 is 23.9 Å². The standard InChI is InChI=1S/C48H72IN13O12S/c49-34-11-7-33(8-12-34)26-62(18-4-2-5-37(45(70)71)56-47(74)57-38(46(72)73)15-16-44(68)69)43(67)6-1-3-17-54-48(75)55-35-13-9-32(10-14-35)25-36-27-60(30-41(52)65)22-21-58(28-39(50)63)19-20-59(29-40(51)64)23-24-61(36)31-42(53)66/h7-14,36-38H,1-6,15-31H2,(H2,50,63)(H2,51,64)(H2,52,65)(H2,53,66)(H,68,69)(H,70,71)(H,72,73)(H2,54,55,75)(H2,56,57,74)/t36?,37-,38-/m0/s1. The topological polar surface area (TPSA) is 383 Å². The number of unbranched alkanes of at least 4 members (excludes halogenated alkanes) is 2. The SMILES string of the molecule is NC(=O)CN1CCN(CC(N)=O)CCN(CC(N)=O)C(Cc2ccc(NC(=S)NCCCCC(=O)N(CCCC[C@H](NC(=O)N[C@@H](CCC(=O)O)C(=O)O)C(=O)O)Cc3ccc(I)cc3)cc2)CN(CC(N)=O)CC1. The van der Waals surface area contributed by atoms with Crippen molar-refractivity contribution in [3.63, 3.8) is 0 Å². The molecule has 3 atom stereocenters. The molecule has 27 heteroatoms. The molecule has 7 amide bonds. The largest absolute Gasteiger partial charge is 0.481 e. The summed E-state index contributed by atoms with van der Waals surface area (Å²) in [6.07, 6.45) is 1.62. The first-order valence-corrected chi connectivity index (χ1v) is 26.0. The van der Waals surface area contributed by atoms with Crippen molar-refractivity contribution in [1.82, 2.24) is 40.4 Å². The number of nitrogens with one attached hydrogen (secondary N) is 4. The number of carbonyl (C=O) groups is 9. The van der Waals surface area contributed by atoms with Gasteiger partial charge in [0.25, 0.3) is 0 Å². The van der Waals surface area contributed by atoms with Crippen molar-refractivity contribution in [3.05, 3.63) is 63.2 Å². The van der Waals surface area contributed by atoms with Crippen LogP contribution in [0.3, 0.4) is 0 Å². The van der Waals surface area contributed by atoms with Gasteiger partial charge in [0.15, 0.2) is 5.11 Å². The predicted octanol–water partition coefficient (Wildman–Crippen LogP) is -0.909. The fourth-order valence-corrected chi connectivity index (χ4v) is 8.88. The zero-order valence-corrected chi connectivity index (χ0v) is 44.9. The van der Waals surface area contributed by atoms with E-state index in [0.717, 1.165) is 14.7 Å². The van der Waals surface area contributed by atoms with Gasteiger partial charge in [0.2, 0.25) is 29.5 Å². The smallest absolute Gasteiger partial charge is 0.326 e. The van der Waals surface area contributed by atoms with Crippen LogP contribution in [0.25, 0.3) is 0 Å². The van der Waals surface area contributed by atoms with Gasteiger partial charge in [-0.2, -0.15) is 0 Å². The number of carboxylic acid groups (broad SMARTS) is 3. The van der Waals surface area contributed by atoms with Crippen LogP contribution in [0.5, 0.6) is 0 Å². The van der Waals surface area contributed by atoms with E-state index in [2.05, 4.69) is 43.9 Å². The summed E-state index contributed by atoms with van der Waals surface area (Å²) < 4.78 is 1.03. The highest BCUT2D eigenvalue weighted by atomic mass is 127. The second-order valence-electron chi connectivity index (χ2n) is 18.3. The molecule has 0 aliphatic carbocycles. The van der Waals surface area contributed by atoms with E-state index < -0.39 is 66.1 Å². The van der Waals surface area contributed by atoms with Crippen LogP contribution in [0.15, 0.2) is 48.5 Å². The molecule has 75 heavy (non-hydrogen) atoms. The average Bonchev–Trinajstić information content (AvgIpc) is 3.32. The summed E-state index contributed by atoms with van der Waals surface area (Å²) in [6.45, 7) is 3.40. The molecule has 1 aliphatic heterocycles. The Kier molecular flexibility index (Phi) is 28.2. The molecular formula is C48H72IN13O12S. The third-order valence-corrected chi connectivity index (χ3v) is 13.1. The number of primary amides is 4. The van der Waals surface area contributed by atoms with Gasteiger partial charge in [-0.25, -0.2) is 14.4 Å². The quantitative estimate of drug-likeness (QED) is 0.0256. The Morgan fingerprint density at radius 1 is 0.640 bits per heavy atom. The first-order chi connectivity index (χ1) is 35.6. The van der Waals surface area contributed by atoms with E-state index in [1.165, 1.54) is 0 Å². The molecule has 0 spiro atoms. The minimum absolute atomic E-state index is 0.0102. The van der Waals surface area contributed by atoms with E-state index in [0.29, 0.717) is 108 Å². The Hall–Kier alpha value is -6.27. The number of carbonyl (C=O) groups excluding carboxylic acids is 6. The number of thiocarbonyl (C=S) groups is 1. The summed E-state index contributed by atoms with van der Waals surface area (Å²) in [5, 5.41) is 39.0. The van der Waals surface area contributed by atoms with Crippen LogP contribution >= 0.6 is 34.8 Å². The Bertz CT molecular complexity index is 2250. The molecule has 0 saturated carbocycles. The molecule has 1 fully saturated rings. The van der Waals surface area contributed by atoms with Crippen LogP contribution in [0.4, 0.5) is 10.5 Å². The lowest BCUT2D eigenvalue weighted by atomic mass is 10.0. The van der Waals surface area contributed by atoms with Crippen molar-refractivity contribution in [2.75, 3.05) is 90.4 Å². The number of carboxylic acids is 3. The van der Waals surface area contributed by atoms with Crippen molar-refractivity contribution >= 4 is 99.1 Å². The highest BCUT2D eigenvalue weighted by Crippen LogP contribution is 2.17. The van der Waals surface area contributed by atoms with E-state index in [-0.39, 0.29) is 57.4 Å². The third kappa shape index (κ3) is 26.7. The van der Waals surface area contributed by atoms with E-state index in [9.17, 15) is 53.4 Å². The minimum atomic E-state index is -1.53. The number of hydrogen-bond donors (Lipinski definition) is 11. The summed E-state index contributed by atoms with van der Waals surface area (Å²) in [5.41, 5.74) is 25.0. The summed E-state index contributed by atoms with van der Waals surface area (Å²) in [6, 6.07) is 11.0. The van der Waals surface area contributed by atoms with Crippen LogP contribution in [-0.4, -0.2) is 202 Å². The Balaban J connectivity index is 1.58. The number of amides is 7. The number of urea groups is 1. The number of benzene rings is 2. The van der Waals surface area contributed by atoms with Crippen LogP contribution in [0, 0.1) is 3.57 Å². The first-order valence-electron chi connectivity index (χ1n) is 24.5. The van der Waals surface area contributed by atoms with Gasteiger partial charge in [-0.05, 0) is 115 Å². The van der Waals surface area contributed by atoms with Crippen molar-refractivity contribution < 1.29 is 58.5 Å². The molecule has 414 valence electrons. The van der Waals surface area contributed by atoms with Crippen LogP contribution < -0.4 is 44.2 Å². The van der Waals surface area contributed by atoms with Crippen molar-refractivity contribution in [2.45, 2.75) is 82.5 Å². The zero-order chi connectivity index (χ0) is 55.5. The third-order valence-electron chi connectivity index (χ3n) is 12.1. The van der Waals surface area contributed by atoms with Gasteiger partial charge in [-0.1, -0.05) is 24.3 Å². The average molecular weight is 1180 g/mol. The summed E-state index contributed by atoms with van der Waals surface area (Å²) >= 11 is 7.76. The van der Waals surface area contributed by atoms with Gasteiger partial charge in [0.1, 0.15) is 12.1 Å². The van der Waals surface area contributed by atoms with Gasteiger partial charge in [0.05, 0.1) is 26.2 Å². The highest BCUT2D eigenvalue weighted by Gasteiger charge is 2.28. The number of halogens is 1. The van der Waals surface area contributed by atoms with Crippen molar-refractivity contribution in [2.24, 2.45) is 22.9 Å². The molecular weight excluding hydrogens is 1110 g/mol. The maximum Gasteiger partial charge on any atom is 0.326 e. The lowest BCUT2D eigenvalue weighted by Crippen LogP contribution is -2.54. The molecule has 1 aliphatic rings. The van der Waals surface area contributed by atoms with Crippen LogP contribution in [0.2, 0.25) is 0 Å². The summed E-state index contributed by atoms with van der Waals surface area (Å²) in [5.74, 6) is -6.30. The van der Waals surface area contributed by atoms with Gasteiger partial charge in [-0.3, -0.25) is 48.4 Å². The van der Waals surface area contributed by atoms with E-state index in [1.54, 1.807) is 4.90 Å². The lowest BCUT2D eigenvalue weighted by Gasteiger charge is -2.38. The zero-order valence-electron chi connectivity index (χ0n) is 42.0. The normalized spacial score (nSPS) is 15.9. The Labute approximate surface area is 454 Å². The summed E-state index contributed by atoms with van der Waals surface area (Å²) in [4.78, 5) is 118. The molecule has 0 radical (unpaired) electrons. The van der Waals surface area contributed by atoms with Crippen molar-refractivity contribution in [3.8, 4) is 0 Å². The maximum atomic E-state index is 13.6. The first kappa shape index (κ1) is 63.0. The molecule has 3 rings (SSSR count). The number of anilines is 1. The fraction of sp³-hybridized carbons (Fsp3) is 0.542. The number of nitrogens with zero attached hydrogens (tertiary/aromatic N) is 5. The molecule has 0 bridgehead atoms. The Morgan fingerprint density at radius 2 is 1.16 bits per heavy atom. The maximum absolute atomic E-state index is 13.6. The molecule has 0 aromatic heterocycles. The molecule has 1 unspecified atom stereocenters. The van der Waals surface area contributed by atoms with Crippen molar-refractivity contribution in [1.29, 1.82) is 0 Å². The molecule has 2 aromatic carbocycles. The fourth-order valence-electron chi connectivity index (χ4n) is 8.30. The van der Waals surface area contributed by atoms with Crippen LogP contribution in [0.1, 0.15) is 62.5 Å². The second kappa shape index (κ2) is 33.6. The second-order valence-corrected chi connectivity index (χ2v) is 19.9. The van der Waals surface area contributed by atoms with Gasteiger partial charge in [-0.15, -0.1) is 0 Å². The number of aliphatic carboxylic acids is 3. The summed E-state index contributed by atoms with van der Waals surface area (Å²) in [7, 11) is 0. The van der Waals surface area contributed by atoms with E-state index >= 15 is 0 Å². The molecule has 1 heterocycles. The number of nitrogens with two attached hydrogens (primary N) is 4. The Morgan fingerprint density at radius 3 is 1.71 bits per heavy atom. The molecule has 15 N–H and O–H groups in total. The monoisotopic (exact) mass is 1180 g/mol. The van der Waals surface area contributed by atoms with Gasteiger partial charge in [0, 0.05) is 93.6 Å². The minimum Gasteiger partial charge on any atom is -0.481 e. The number of rotatable bonds is 30. The van der Waals surface area contributed by atoms with Gasteiger partial charge < -0.3 is 64.4 Å². The van der Waals surface area contributed by atoms with E-state index in [4.69, 9.17) is 40.3 Å². The molecule has 25 nitrogen and oxygen atoms in total. The van der Waals surface area contributed by atoms with E-state index in [1.807, 2.05) is 68.1 Å². The van der Waals surface area contributed by atoms with Crippen LogP contribution in [-0.2, 0) is 51.3 Å². The molecule has 1 saturated heterocycles. The lowest BCUT2D eigenvalue weighted by molar-refractivity contribution is -0.141. The molecule has 2 aromatic rings. The highest BCUT2D eigenvalue weighted by molar-refractivity contribution is 14.1.